The van der Waals surface area contributed by atoms with Crippen LogP contribution in [0, 0.1) is 0 Å². The fourth-order valence-electron chi connectivity index (χ4n) is 2.24. The van der Waals surface area contributed by atoms with Gasteiger partial charge in [0.2, 0.25) is 10.0 Å². The molecule has 1 atom stereocenters. The van der Waals surface area contributed by atoms with E-state index in [4.69, 9.17) is 0 Å². The smallest absolute Gasteiger partial charge is 0.292 e. The van der Waals surface area contributed by atoms with Gasteiger partial charge in [-0.25, -0.2) is 8.42 Å². The summed E-state index contributed by atoms with van der Waals surface area (Å²) in [4.78, 5) is 12.9. The maximum atomic E-state index is 12.9. The van der Waals surface area contributed by atoms with Gasteiger partial charge in [0.15, 0.2) is 5.78 Å². The van der Waals surface area contributed by atoms with Crippen molar-refractivity contribution in [2.45, 2.75) is 37.7 Å². The summed E-state index contributed by atoms with van der Waals surface area (Å²) in [5, 5.41) is 0. The van der Waals surface area contributed by atoms with Crippen molar-refractivity contribution in [2.24, 2.45) is 0 Å². The number of benzene rings is 2. The molecule has 0 heterocycles. The maximum absolute atomic E-state index is 12.9. The molecule has 0 aliphatic rings. The van der Waals surface area contributed by atoms with Crippen LogP contribution in [0.1, 0.15) is 48.3 Å². The number of carbonyl (C=O) groups is 1. The third-order valence-electron chi connectivity index (χ3n) is 3.97. The average Bonchev–Trinajstić information content (AvgIpc) is 2.58. The van der Waals surface area contributed by atoms with Crippen LogP contribution in [-0.2, 0) is 16.2 Å². The van der Waals surface area contributed by atoms with Crippen LogP contribution in [0.4, 0.5) is 13.2 Å². The van der Waals surface area contributed by atoms with Crippen molar-refractivity contribution in [3.8, 4) is 0 Å². The number of nitrogens with one attached hydrogen (secondary N) is 1. The molecule has 0 aliphatic heterocycles. The largest absolute Gasteiger partial charge is 0.416 e. The molecule has 0 fully saturated rings. The van der Waals surface area contributed by atoms with Crippen LogP contribution in [-0.4, -0.2) is 18.9 Å². The van der Waals surface area contributed by atoms with Gasteiger partial charge < -0.3 is 0 Å². The summed E-state index contributed by atoms with van der Waals surface area (Å²) in [5.74, 6) is -0.553. The van der Waals surface area contributed by atoms with Crippen molar-refractivity contribution in [3.05, 3.63) is 71.3 Å². The Morgan fingerprint density at radius 2 is 1.44 bits per heavy atom. The average molecular weight is 399 g/mol. The van der Waals surface area contributed by atoms with E-state index in [0.717, 1.165) is 24.3 Å². The van der Waals surface area contributed by atoms with Gasteiger partial charge in [-0.1, -0.05) is 42.5 Å². The summed E-state index contributed by atoms with van der Waals surface area (Å²) < 4.78 is 64.6. The SMILES string of the molecule is CC(C)(C)S(=O)(=O)N[C@H](C(=O)c1ccccc1)c1ccc(C(F)(F)F)cc1. The third kappa shape index (κ3) is 4.95. The van der Waals surface area contributed by atoms with Crippen molar-refractivity contribution in [3.63, 3.8) is 0 Å². The first-order valence-corrected chi connectivity index (χ1v) is 9.59. The lowest BCUT2D eigenvalue weighted by Gasteiger charge is -2.25. The van der Waals surface area contributed by atoms with Gasteiger partial charge in [0.05, 0.1) is 10.3 Å². The number of carbonyl (C=O) groups excluding carboxylic acids is 1. The minimum Gasteiger partial charge on any atom is -0.292 e. The summed E-state index contributed by atoms with van der Waals surface area (Å²) in [6.07, 6.45) is -4.53. The standard InChI is InChI=1S/C19H20F3NO3S/c1-18(2,3)27(25,26)23-16(17(24)14-7-5-4-6-8-14)13-9-11-15(12-10-13)19(20,21)22/h4-12,16,23H,1-3H3/t16-/m0/s1. The number of hydrogen-bond acceptors (Lipinski definition) is 3. The monoisotopic (exact) mass is 399 g/mol. The number of halogens is 3. The lowest BCUT2D eigenvalue weighted by Crippen LogP contribution is -2.43. The van der Waals surface area contributed by atoms with E-state index < -0.39 is 38.3 Å². The Hall–Kier alpha value is -2.19. The second kappa shape index (κ2) is 7.44. The zero-order valence-electron chi connectivity index (χ0n) is 15.0. The Balaban J connectivity index is 2.48. The molecule has 0 saturated carbocycles. The molecule has 0 radical (unpaired) electrons. The number of ketones is 1. The lowest BCUT2D eigenvalue weighted by atomic mass is 9.97. The van der Waals surface area contributed by atoms with Gasteiger partial charge in [-0.15, -0.1) is 0 Å². The zero-order valence-corrected chi connectivity index (χ0v) is 15.9. The molecule has 0 unspecified atom stereocenters. The minimum atomic E-state index is -4.53. The van der Waals surface area contributed by atoms with Gasteiger partial charge in [0.1, 0.15) is 6.04 Å². The van der Waals surface area contributed by atoms with E-state index in [9.17, 15) is 26.4 Å². The Morgan fingerprint density at radius 1 is 0.926 bits per heavy atom. The van der Waals surface area contributed by atoms with Crippen LogP contribution in [0.3, 0.4) is 0 Å². The van der Waals surface area contributed by atoms with Crippen LogP contribution in [0.15, 0.2) is 54.6 Å². The van der Waals surface area contributed by atoms with Gasteiger partial charge >= 0.3 is 6.18 Å². The lowest BCUT2D eigenvalue weighted by molar-refractivity contribution is -0.137. The highest BCUT2D eigenvalue weighted by Crippen LogP contribution is 2.31. The minimum absolute atomic E-state index is 0.129. The molecular weight excluding hydrogens is 379 g/mol. The van der Waals surface area contributed by atoms with Crippen molar-refractivity contribution in [2.75, 3.05) is 0 Å². The Morgan fingerprint density at radius 3 is 1.89 bits per heavy atom. The molecule has 0 bridgehead atoms. The van der Waals surface area contributed by atoms with Gasteiger partial charge in [-0.3, -0.25) is 4.79 Å². The highest BCUT2D eigenvalue weighted by Gasteiger charge is 2.35. The Kier molecular flexibility index (Phi) is 5.82. The predicted octanol–water partition coefficient (Wildman–Crippen LogP) is 4.35. The molecule has 2 aromatic carbocycles. The molecule has 0 amide bonds. The van der Waals surface area contributed by atoms with E-state index in [1.54, 1.807) is 18.2 Å². The summed E-state index contributed by atoms with van der Waals surface area (Å²) in [5.41, 5.74) is -0.500. The van der Waals surface area contributed by atoms with Crippen LogP contribution in [0.25, 0.3) is 0 Å². The Bertz CT molecular complexity index is 900. The molecule has 4 nitrogen and oxygen atoms in total. The first-order valence-electron chi connectivity index (χ1n) is 8.11. The number of alkyl halides is 3. The van der Waals surface area contributed by atoms with Crippen molar-refractivity contribution in [1.82, 2.24) is 4.72 Å². The third-order valence-corrected chi connectivity index (χ3v) is 6.13. The highest BCUT2D eigenvalue weighted by molar-refractivity contribution is 7.90. The maximum Gasteiger partial charge on any atom is 0.416 e. The molecule has 1 N–H and O–H groups in total. The summed E-state index contributed by atoms with van der Waals surface area (Å²) in [6.45, 7) is 4.39. The van der Waals surface area contributed by atoms with E-state index in [1.807, 2.05) is 0 Å². The molecule has 2 rings (SSSR count). The van der Waals surface area contributed by atoms with Crippen molar-refractivity contribution in [1.29, 1.82) is 0 Å². The molecule has 2 aromatic rings. The molecular formula is C19H20F3NO3S. The van der Waals surface area contributed by atoms with Crippen LogP contribution in [0.5, 0.6) is 0 Å². The van der Waals surface area contributed by atoms with E-state index in [-0.39, 0.29) is 11.1 Å². The predicted molar refractivity (Wildman–Crippen MR) is 96.8 cm³/mol. The van der Waals surface area contributed by atoms with Crippen LogP contribution in [0.2, 0.25) is 0 Å². The number of hydrogen-bond donors (Lipinski definition) is 1. The van der Waals surface area contributed by atoms with Gasteiger partial charge in [0, 0.05) is 5.56 Å². The topological polar surface area (TPSA) is 63.2 Å². The van der Waals surface area contributed by atoms with Crippen LogP contribution < -0.4 is 4.72 Å². The summed E-state index contributed by atoms with van der Waals surface area (Å²) in [7, 11) is -3.93. The van der Waals surface area contributed by atoms with Crippen molar-refractivity contribution >= 4 is 15.8 Å². The quantitative estimate of drug-likeness (QED) is 0.761. The number of sulfonamides is 1. The second-order valence-corrected chi connectivity index (χ2v) is 9.48. The molecule has 0 aromatic heterocycles. The van der Waals surface area contributed by atoms with Gasteiger partial charge in [-0.05, 0) is 38.5 Å². The summed E-state index contributed by atoms with van der Waals surface area (Å²) >= 11 is 0. The van der Waals surface area contributed by atoms with Crippen LogP contribution >= 0.6 is 0 Å². The highest BCUT2D eigenvalue weighted by atomic mass is 32.2. The molecule has 0 saturated heterocycles. The number of Topliss-reactive ketones (excluding diaryl/α,β-unsaturated/α-hetero) is 1. The molecule has 0 aliphatic carbocycles. The van der Waals surface area contributed by atoms with E-state index in [1.165, 1.54) is 32.9 Å². The van der Waals surface area contributed by atoms with Gasteiger partial charge in [-0.2, -0.15) is 17.9 Å². The number of rotatable bonds is 5. The zero-order chi connectivity index (χ0) is 20.5. The fourth-order valence-corrected chi connectivity index (χ4v) is 3.15. The first-order chi connectivity index (χ1) is 12.3. The van der Waals surface area contributed by atoms with E-state index >= 15 is 0 Å². The Labute approximate surface area is 156 Å². The molecule has 27 heavy (non-hydrogen) atoms. The van der Waals surface area contributed by atoms with E-state index in [2.05, 4.69) is 4.72 Å². The first kappa shape index (κ1) is 21.1. The van der Waals surface area contributed by atoms with Crippen molar-refractivity contribution < 1.29 is 26.4 Å². The fraction of sp³-hybridized carbons (Fsp3) is 0.316. The summed E-state index contributed by atoms with van der Waals surface area (Å²) in [6, 6.07) is 10.5. The molecule has 8 heteroatoms. The van der Waals surface area contributed by atoms with E-state index in [0.29, 0.717) is 0 Å². The molecule has 146 valence electrons. The molecule has 0 spiro atoms. The normalized spacial score (nSPS) is 14.0. The van der Waals surface area contributed by atoms with Gasteiger partial charge in [0.25, 0.3) is 0 Å². The second-order valence-electron chi connectivity index (χ2n) is 7.02.